The van der Waals surface area contributed by atoms with E-state index in [1.54, 1.807) is 18.3 Å². The summed E-state index contributed by atoms with van der Waals surface area (Å²) in [6, 6.07) is 7.05. The molecule has 1 aromatic heterocycles. The van der Waals surface area contributed by atoms with E-state index in [1.807, 2.05) is 23.6 Å². The summed E-state index contributed by atoms with van der Waals surface area (Å²) in [7, 11) is -3.63. The first-order chi connectivity index (χ1) is 12.2. The van der Waals surface area contributed by atoms with Crippen molar-refractivity contribution in [2.24, 2.45) is 0 Å². The molecular weight excluding hydrogens is 399 g/mol. The molecule has 2 aromatic rings. The van der Waals surface area contributed by atoms with Crippen LogP contribution < -0.4 is 5.32 Å². The van der Waals surface area contributed by atoms with Crippen molar-refractivity contribution in [3.05, 3.63) is 51.8 Å². The lowest BCUT2D eigenvalue weighted by Gasteiger charge is -2.15. The lowest BCUT2D eigenvalue weighted by molar-refractivity contribution is -0.121. The second-order valence-corrected chi connectivity index (χ2v) is 8.15. The summed E-state index contributed by atoms with van der Waals surface area (Å²) in [5.74, 6) is -0.0234. The first kappa shape index (κ1) is 20.8. The molecule has 0 aliphatic rings. The maximum atomic E-state index is 11.7. The van der Waals surface area contributed by atoms with E-state index in [-0.39, 0.29) is 12.5 Å². The van der Waals surface area contributed by atoms with Gasteiger partial charge in [-0.3, -0.25) is 8.98 Å². The topological polar surface area (TPSA) is 77.4 Å². The van der Waals surface area contributed by atoms with E-state index in [1.165, 1.54) is 0 Å². The molecule has 1 N–H and O–H groups in total. The number of nitrogens with zero attached hydrogens (tertiary/aromatic N) is 1. The molecule has 1 aromatic carbocycles. The van der Waals surface area contributed by atoms with Gasteiger partial charge in [0.1, 0.15) is 0 Å². The molecule has 0 fully saturated rings. The predicted octanol–water partition coefficient (Wildman–Crippen LogP) is 3.68. The van der Waals surface area contributed by atoms with Crippen LogP contribution in [0.3, 0.4) is 0 Å². The van der Waals surface area contributed by atoms with Crippen LogP contribution in [0.1, 0.15) is 31.0 Å². The number of carbonyl (C=O) groups is 1. The molecule has 26 heavy (non-hydrogen) atoms. The second-order valence-electron chi connectivity index (χ2n) is 5.72. The third kappa shape index (κ3) is 5.48. The molecule has 1 amide bonds. The smallest absolute Gasteiger partial charge is 0.264 e. The minimum absolute atomic E-state index is 0.0234. The number of benzene rings is 1. The number of carbonyl (C=O) groups excluding carboxylic acids is 1. The van der Waals surface area contributed by atoms with Crippen LogP contribution >= 0.6 is 23.2 Å². The van der Waals surface area contributed by atoms with Crippen molar-refractivity contribution in [2.75, 3.05) is 6.26 Å². The van der Waals surface area contributed by atoms with Crippen LogP contribution in [0.25, 0.3) is 5.69 Å². The highest BCUT2D eigenvalue weighted by atomic mass is 35.5. The van der Waals surface area contributed by atoms with Crippen molar-refractivity contribution >= 4 is 39.2 Å². The Morgan fingerprint density at radius 2 is 2.00 bits per heavy atom. The average molecular weight is 419 g/mol. The molecule has 2 rings (SSSR count). The van der Waals surface area contributed by atoms with Crippen LogP contribution in [0, 0.1) is 0 Å². The molecule has 0 aliphatic carbocycles. The lowest BCUT2D eigenvalue weighted by atomic mass is 10.2. The van der Waals surface area contributed by atoms with Crippen LogP contribution in [-0.2, 0) is 32.2 Å². The maximum absolute atomic E-state index is 11.7. The SMILES string of the molecule is CCCC(=O)NCc1cccn1-c1ccc(Cl)c(COS(C)(=O)=O)c1Cl. The Labute approximate surface area is 163 Å². The molecule has 1 heterocycles. The Hall–Kier alpha value is -1.54. The molecular formula is C17H20Cl2N2O4S. The average Bonchev–Trinajstić information content (AvgIpc) is 3.00. The number of aromatic nitrogens is 1. The summed E-state index contributed by atoms with van der Waals surface area (Å²) in [6.45, 7) is 2.03. The van der Waals surface area contributed by atoms with Crippen LogP contribution in [0.4, 0.5) is 0 Å². The van der Waals surface area contributed by atoms with E-state index in [9.17, 15) is 13.2 Å². The number of rotatable bonds is 8. The van der Waals surface area contributed by atoms with Gasteiger partial charge in [0.25, 0.3) is 10.1 Å². The van der Waals surface area contributed by atoms with Crippen molar-refractivity contribution in [3.8, 4) is 5.69 Å². The van der Waals surface area contributed by atoms with Crippen LogP contribution in [0.2, 0.25) is 10.0 Å². The zero-order valence-electron chi connectivity index (χ0n) is 14.5. The molecule has 0 aliphatic heterocycles. The second kappa shape index (κ2) is 8.90. The largest absolute Gasteiger partial charge is 0.351 e. The molecule has 0 atom stereocenters. The molecule has 142 valence electrons. The quantitative estimate of drug-likeness (QED) is 0.663. The van der Waals surface area contributed by atoms with Gasteiger partial charge in [0.2, 0.25) is 5.91 Å². The van der Waals surface area contributed by atoms with Gasteiger partial charge < -0.3 is 9.88 Å². The van der Waals surface area contributed by atoms with Gasteiger partial charge in [-0.2, -0.15) is 8.42 Å². The molecule has 9 heteroatoms. The van der Waals surface area contributed by atoms with Gasteiger partial charge in [-0.15, -0.1) is 0 Å². The van der Waals surface area contributed by atoms with Gasteiger partial charge in [0, 0.05) is 28.9 Å². The highest BCUT2D eigenvalue weighted by Gasteiger charge is 2.16. The molecule has 0 spiro atoms. The van der Waals surface area contributed by atoms with Crippen LogP contribution in [0.5, 0.6) is 0 Å². The van der Waals surface area contributed by atoms with Gasteiger partial charge in [0.05, 0.1) is 30.1 Å². The van der Waals surface area contributed by atoms with Gasteiger partial charge >= 0.3 is 0 Å². The van der Waals surface area contributed by atoms with Crippen molar-refractivity contribution in [2.45, 2.75) is 32.9 Å². The zero-order chi connectivity index (χ0) is 19.3. The number of nitrogens with one attached hydrogen (secondary N) is 1. The van der Waals surface area contributed by atoms with Crippen molar-refractivity contribution in [1.29, 1.82) is 0 Å². The minimum Gasteiger partial charge on any atom is -0.351 e. The molecule has 6 nitrogen and oxygen atoms in total. The fourth-order valence-electron chi connectivity index (χ4n) is 2.37. The Morgan fingerprint density at radius 3 is 2.65 bits per heavy atom. The van der Waals surface area contributed by atoms with E-state index >= 15 is 0 Å². The third-order valence-electron chi connectivity index (χ3n) is 3.62. The summed E-state index contributed by atoms with van der Waals surface area (Å²) in [4.78, 5) is 11.7. The zero-order valence-corrected chi connectivity index (χ0v) is 16.8. The predicted molar refractivity (Wildman–Crippen MR) is 102 cm³/mol. The summed E-state index contributed by atoms with van der Waals surface area (Å²) in [5, 5.41) is 3.46. The highest BCUT2D eigenvalue weighted by Crippen LogP contribution is 2.32. The van der Waals surface area contributed by atoms with Gasteiger partial charge in [0.15, 0.2) is 0 Å². The summed E-state index contributed by atoms with van der Waals surface area (Å²) < 4.78 is 29.1. The summed E-state index contributed by atoms with van der Waals surface area (Å²) in [5.41, 5.74) is 1.83. The fraction of sp³-hybridized carbons (Fsp3) is 0.353. The van der Waals surface area contributed by atoms with Crippen LogP contribution in [-0.4, -0.2) is 25.1 Å². The van der Waals surface area contributed by atoms with Gasteiger partial charge in [-0.05, 0) is 30.7 Å². The van der Waals surface area contributed by atoms with E-state index in [0.29, 0.717) is 34.3 Å². The Kier molecular flexibility index (Phi) is 7.11. The summed E-state index contributed by atoms with van der Waals surface area (Å²) in [6.07, 6.45) is 4.01. The molecule has 0 saturated heterocycles. The minimum atomic E-state index is -3.63. The highest BCUT2D eigenvalue weighted by molar-refractivity contribution is 7.85. The van der Waals surface area contributed by atoms with Crippen LogP contribution in [0.15, 0.2) is 30.5 Å². The molecule has 0 saturated carbocycles. The molecule has 0 radical (unpaired) electrons. The van der Waals surface area contributed by atoms with Crippen molar-refractivity contribution in [1.82, 2.24) is 9.88 Å². The first-order valence-corrected chi connectivity index (χ1v) is 10.5. The Balaban J connectivity index is 2.29. The molecule has 0 unspecified atom stereocenters. The van der Waals surface area contributed by atoms with Crippen molar-refractivity contribution < 1.29 is 17.4 Å². The fourth-order valence-corrected chi connectivity index (χ4v) is 3.27. The van der Waals surface area contributed by atoms with E-state index in [2.05, 4.69) is 5.32 Å². The third-order valence-corrected chi connectivity index (χ3v) is 4.94. The van der Waals surface area contributed by atoms with E-state index in [4.69, 9.17) is 27.4 Å². The number of halogens is 2. The number of hydrogen-bond acceptors (Lipinski definition) is 4. The van der Waals surface area contributed by atoms with Gasteiger partial charge in [-0.25, -0.2) is 0 Å². The lowest BCUT2D eigenvalue weighted by Crippen LogP contribution is -2.23. The van der Waals surface area contributed by atoms with Gasteiger partial charge in [-0.1, -0.05) is 30.1 Å². The monoisotopic (exact) mass is 418 g/mol. The van der Waals surface area contributed by atoms with E-state index < -0.39 is 10.1 Å². The first-order valence-electron chi connectivity index (χ1n) is 7.97. The number of hydrogen-bond donors (Lipinski definition) is 1. The normalized spacial score (nSPS) is 11.5. The molecule has 0 bridgehead atoms. The van der Waals surface area contributed by atoms with E-state index in [0.717, 1.165) is 18.4 Å². The standard InChI is InChI=1S/C17H20Cl2N2O4S/c1-3-5-16(22)20-10-12-6-4-9-21(12)15-8-7-14(18)13(17(15)19)11-25-26(2,23)24/h4,6-9H,3,5,10-11H2,1-2H3,(H,20,22). The van der Waals surface area contributed by atoms with Crippen molar-refractivity contribution in [3.63, 3.8) is 0 Å². The maximum Gasteiger partial charge on any atom is 0.264 e. The summed E-state index contributed by atoms with van der Waals surface area (Å²) >= 11 is 12.6. The number of amides is 1. The Bertz CT molecular complexity index is 894. The Morgan fingerprint density at radius 1 is 1.27 bits per heavy atom.